The molecule has 23 heavy (non-hydrogen) atoms. The first-order valence-corrected chi connectivity index (χ1v) is 3.06. The van der Waals surface area contributed by atoms with E-state index in [1.54, 1.807) is 0 Å². The molecule has 0 saturated heterocycles. The molecule has 0 fully saturated rings. The molecule has 0 aliphatic rings. The van der Waals surface area contributed by atoms with Gasteiger partial charge >= 0.3 is 71.2 Å². The first-order chi connectivity index (χ1) is 9.44. The van der Waals surface area contributed by atoms with E-state index in [9.17, 15) is 0 Å². The third-order valence-corrected chi connectivity index (χ3v) is 0. The predicted octanol–water partition coefficient (Wildman–Crippen LogP) is -5.62. The molecule has 126 valence electrons. The molecule has 0 aromatic rings. The number of carboxylic acid groups (broad SMARTS) is 3. The summed E-state index contributed by atoms with van der Waals surface area (Å²) < 4.78 is 0. The van der Waals surface area contributed by atoms with Crippen LogP contribution in [0, 0.1) is 117 Å². The van der Waals surface area contributed by atoms with Crippen LogP contribution in [0.15, 0.2) is 0 Å². The average molecular weight is 599 g/mol. The van der Waals surface area contributed by atoms with Gasteiger partial charge in [0, 0.05) is 19.4 Å². The Kier molecular flexibility index (Phi) is 153. The monoisotopic (exact) mass is 599 g/mol. The van der Waals surface area contributed by atoms with Crippen LogP contribution < -0.4 is 15.3 Å². The van der Waals surface area contributed by atoms with Crippen molar-refractivity contribution in [1.82, 2.24) is 0 Å². The van der Waals surface area contributed by atoms with Crippen molar-refractivity contribution in [2.24, 2.45) is 0 Å². The van der Waals surface area contributed by atoms with Crippen molar-refractivity contribution in [2.75, 3.05) is 0 Å². The molecule has 0 spiro atoms. The van der Waals surface area contributed by atoms with Gasteiger partial charge in [-0.1, -0.05) is 0 Å². The smallest absolute Gasteiger partial charge is 0.554 e. The first kappa shape index (κ1) is 49.6. The zero-order valence-electron chi connectivity index (χ0n) is 10.4. The summed E-state index contributed by atoms with van der Waals surface area (Å²) in [4.78, 5) is 49.5. The van der Waals surface area contributed by atoms with Crippen LogP contribution in [0.25, 0.3) is 0 Å². The molecule has 0 saturated carbocycles. The molecule has 0 atom stereocenters. The van der Waals surface area contributed by atoms with Crippen molar-refractivity contribution in [3.63, 3.8) is 0 Å². The van der Waals surface area contributed by atoms with Crippen molar-refractivity contribution in [3.8, 4) is 0 Å². The summed E-state index contributed by atoms with van der Waals surface area (Å²) in [5, 5.41) is 69.0. The minimum atomic E-state index is -1.75. The Hall–Kier alpha value is -1.60. The van der Waals surface area contributed by atoms with Gasteiger partial charge in [0.15, 0.2) is 0 Å². The average Bonchev–Trinajstić information content (AvgIpc) is 2.16. The van der Waals surface area contributed by atoms with E-state index in [-0.39, 0.29) is 71.2 Å². The third-order valence-electron chi connectivity index (χ3n) is 0. The van der Waals surface area contributed by atoms with Gasteiger partial charge in [0.1, 0.15) is 0 Å². The second kappa shape index (κ2) is 71.0. The Morgan fingerprint density at radius 1 is 0.478 bits per heavy atom. The van der Waals surface area contributed by atoms with Gasteiger partial charge in [0.05, 0.1) is 15.3 Å². The van der Waals surface area contributed by atoms with Gasteiger partial charge in [-0.25, -0.2) is 0 Å². The van der Waals surface area contributed by atoms with Gasteiger partial charge in [-0.05, 0) is 0 Å². The number of rotatable bonds is 0. The molecule has 0 aromatic carbocycles. The van der Waals surface area contributed by atoms with E-state index in [1.165, 1.54) is 0 Å². The van der Waals surface area contributed by atoms with E-state index in [1.807, 2.05) is 0 Å². The molecule has 0 unspecified atom stereocenters. The van der Waals surface area contributed by atoms with Crippen LogP contribution in [0.5, 0.6) is 0 Å². The molecule has 0 amide bonds. The maximum Gasteiger partial charge on any atom is 3.00 e. The maximum absolute atomic E-state index is 8.25. The van der Waals surface area contributed by atoms with Gasteiger partial charge < -0.3 is 75.7 Å². The van der Waals surface area contributed by atoms with Crippen LogP contribution in [0.1, 0.15) is 0 Å². The van der Waals surface area contributed by atoms with Gasteiger partial charge in [0.25, 0.3) is 0 Å². The van der Waals surface area contributed by atoms with Crippen molar-refractivity contribution >= 4 is 19.4 Å². The molecular formula is C3H3La2N3O15. The molecule has 0 bridgehead atoms. The zero-order valence-corrected chi connectivity index (χ0v) is 17.6. The second-order valence-electron chi connectivity index (χ2n) is 0.959. The fourth-order valence-corrected chi connectivity index (χ4v) is 0. The van der Waals surface area contributed by atoms with Crippen LogP contribution >= 0.6 is 0 Å². The van der Waals surface area contributed by atoms with Crippen LogP contribution in [0.3, 0.4) is 0 Å². The zero-order chi connectivity index (χ0) is 18.9. The fraction of sp³-hybridized carbons (Fsp3) is 0. The molecule has 0 aliphatic carbocycles. The van der Waals surface area contributed by atoms with Gasteiger partial charge in [-0.15, -0.1) is 0 Å². The molecule has 0 aromatic heterocycles. The van der Waals surface area contributed by atoms with E-state index in [0.717, 1.165) is 0 Å². The Bertz CT molecular complexity index is 218. The van der Waals surface area contributed by atoms with E-state index < -0.39 is 34.7 Å². The standard InChI is InChI=1S/3CH2O2.2La.3NO3/c3*2-1-3;;;3*2-1(3)4/h3*1H,(H,2,3);;;;;/q;;;2*+3;3*-1/p-3. The van der Waals surface area contributed by atoms with Crippen molar-refractivity contribution in [3.05, 3.63) is 46.0 Å². The van der Waals surface area contributed by atoms with E-state index >= 15 is 0 Å². The first-order valence-electron chi connectivity index (χ1n) is 3.06. The number of nitrogens with zero attached hydrogens (tertiary/aromatic N) is 3. The van der Waals surface area contributed by atoms with Crippen molar-refractivity contribution < 1.29 is 116 Å². The van der Waals surface area contributed by atoms with E-state index in [2.05, 4.69) is 0 Å². The maximum atomic E-state index is 8.25. The van der Waals surface area contributed by atoms with Crippen LogP contribution in [-0.2, 0) is 14.4 Å². The number of carbonyl (C=O) groups excluding carboxylic acids is 3. The Morgan fingerprint density at radius 2 is 0.478 bits per heavy atom. The molecule has 0 rings (SSSR count). The SMILES string of the molecule is O=C[O-].O=C[O-].O=C[O-].O=[N+]([O-])[O-].O=[N+]([O-])[O-].O=[N+]([O-])[O-].[La+3].[La+3]. The van der Waals surface area contributed by atoms with Crippen LogP contribution in [0.2, 0.25) is 0 Å². The summed E-state index contributed by atoms with van der Waals surface area (Å²) in [5.41, 5.74) is 0. The topological polar surface area (TPSA) is 319 Å². The quantitative estimate of drug-likeness (QED) is 0.142. The molecule has 0 heterocycles. The van der Waals surface area contributed by atoms with Crippen molar-refractivity contribution in [1.29, 1.82) is 0 Å². The van der Waals surface area contributed by atoms with Crippen LogP contribution in [-0.4, -0.2) is 34.7 Å². The summed E-state index contributed by atoms with van der Waals surface area (Å²) in [6, 6.07) is 0. The number of hydrogen-bond acceptors (Lipinski definition) is 15. The second-order valence-corrected chi connectivity index (χ2v) is 0.959. The Labute approximate surface area is 180 Å². The van der Waals surface area contributed by atoms with Crippen LogP contribution in [0.4, 0.5) is 0 Å². The molecule has 0 radical (unpaired) electrons. The minimum absolute atomic E-state index is 0. The minimum Gasteiger partial charge on any atom is -0.554 e. The third kappa shape index (κ3) is 2700. The number of hydrogen-bond donors (Lipinski definition) is 0. The number of carbonyl (C=O) groups is 3. The molecule has 20 heteroatoms. The normalized spacial score (nSPS) is 4.70. The molecule has 0 N–H and O–H groups in total. The molecular weight excluding hydrogens is 596 g/mol. The summed E-state index contributed by atoms with van der Waals surface area (Å²) in [5.74, 6) is 0. The van der Waals surface area contributed by atoms with Gasteiger partial charge in [-0.3, -0.25) is 0 Å². The summed E-state index contributed by atoms with van der Waals surface area (Å²) in [7, 11) is 0. The Balaban J connectivity index is -0.0000000193. The van der Waals surface area contributed by atoms with E-state index in [4.69, 9.17) is 75.7 Å². The van der Waals surface area contributed by atoms with E-state index in [0.29, 0.717) is 0 Å². The molecule has 18 nitrogen and oxygen atoms in total. The van der Waals surface area contributed by atoms with Gasteiger partial charge in [0.2, 0.25) is 0 Å². The Morgan fingerprint density at radius 3 is 0.478 bits per heavy atom. The fourth-order valence-electron chi connectivity index (χ4n) is 0. The summed E-state index contributed by atoms with van der Waals surface area (Å²) in [6.45, 7) is -1.50. The van der Waals surface area contributed by atoms with Crippen molar-refractivity contribution in [2.45, 2.75) is 0 Å². The summed E-state index contributed by atoms with van der Waals surface area (Å²) >= 11 is 0. The van der Waals surface area contributed by atoms with Gasteiger partial charge in [-0.2, -0.15) is 0 Å². The summed E-state index contributed by atoms with van der Waals surface area (Å²) in [6.07, 6.45) is 0. The predicted molar refractivity (Wildman–Crippen MR) is 49.3 cm³/mol. The molecule has 0 aliphatic heterocycles. The largest absolute Gasteiger partial charge is 3.00 e.